The fourth-order valence-corrected chi connectivity index (χ4v) is 11.6. The van der Waals surface area contributed by atoms with Crippen LogP contribution in [0.4, 0.5) is 0 Å². The maximum Gasteiger partial charge on any atom is 0.307 e. The maximum atomic E-state index is 13.0. The smallest absolute Gasteiger partial charge is 0.307 e. The van der Waals surface area contributed by atoms with Gasteiger partial charge < -0.3 is 52.6 Å². The number of hydrogen-bond donors (Lipinski definition) is 0. The molecule has 0 bridgehead atoms. The number of rotatable bonds is 80. The van der Waals surface area contributed by atoms with Crippen molar-refractivity contribution in [3.8, 4) is 0 Å². The van der Waals surface area contributed by atoms with Gasteiger partial charge in [0, 0.05) is 79.0 Å². The Hall–Kier alpha value is -2.40. The van der Waals surface area contributed by atoms with Crippen LogP contribution in [0.3, 0.4) is 0 Å². The molecule has 0 heterocycles. The Morgan fingerprint density at radius 1 is 0.202 bits per heavy atom. The van der Waals surface area contributed by atoms with Gasteiger partial charge in [-0.25, -0.2) is 0 Å². The summed E-state index contributed by atoms with van der Waals surface area (Å²) in [5.74, 6) is -0.782. The maximum absolute atomic E-state index is 13.0. The van der Waals surface area contributed by atoms with Crippen LogP contribution in [0.2, 0.25) is 0 Å². The van der Waals surface area contributed by atoms with Crippen LogP contribution < -0.4 is 0 Å². The van der Waals surface area contributed by atoms with Gasteiger partial charge in [-0.05, 0) is 149 Å². The monoisotopic (exact) mass is 1340 g/mol. The fourth-order valence-electron chi connectivity index (χ4n) is 11.6. The Balaban J connectivity index is 5.09. The third-order valence-electron chi connectivity index (χ3n) is 17.9. The van der Waals surface area contributed by atoms with Crippen LogP contribution in [0, 0.1) is 0 Å². The first-order valence-electron chi connectivity index (χ1n) is 40.3. The molecular formula is C79H155N3O12. The highest BCUT2D eigenvalue weighted by Crippen LogP contribution is 2.14. The van der Waals surface area contributed by atoms with E-state index in [-0.39, 0.29) is 49.6 Å². The second-order valence-corrected chi connectivity index (χ2v) is 27.2. The number of unbranched alkanes of at least 4 members (excludes halogenated alkanes) is 36. The first-order chi connectivity index (χ1) is 46.2. The molecule has 15 nitrogen and oxygen atoms in total. The number of carbonyl (C=O) groups is 4. The van der Waals surface area contributed by atoms with Gasteiger partial charge in [-0.3, -0.25) is 19.2 Å². The molecule has 0 aromatic heterocycles. The summed E-state index contributed by atoms with van der Waals surface area (Å²) in [7, 11) is 2.13. The van der Waals surface area contributed by atoms with Crippen molar-refractivity contribution in [1.82, 2.24) is 14.7 Å². The molecule has 94 heavy (non-hydrogen) atoms. The van der Waals surface area contributed by atoms with E-state index in [1.165, 1.54) is 154 Å². The molecule has 0 aliphatic carbocycles. The van der Waals surface area contributed by atoms with Gasteiger partial charge in [0.2, 0.25) is 0 Å². The van der Waals surface area contributed by atoms with Crippen LogP contribution in [0.1, 0.15) is 349 Å². The first kappa shape index (κ1) is 91.6. The van der Waals surface area contributed by atoms with Crippen molar-refractivity contribution in [1.29, 1.82) is 0 Å². The summed E-state index contributed by atoms with van der Waals surface area (Å²) in [4.78, 5) is 58.6. The van der Waals surface area contributed by atoms with Crippen LogP contribution in [0.5, 0.6) is 0 Å². The Kier molecular flexibility index (Phi) is 76.0. The average molecular weight is 1340 g/mol. The summed E-state index contributed by atoms with van der Waals surface area (Å²) < 4.78 is 46.1. The summed E-state index contributed by atoms with van der Waals surface area (Å²) in [5.41, 5.74) is 0. The third kappa shape index (κ3) is 73.8. The summed E-state index contributed by atoms with van der Waals surface area (Å²) >= 11 is 0. The molecule has 15 heteroatoms. The molecule has 0 saturated carbocycles. The molecule has 0 atom stereocenters. The van der Waals surface area contributed by atoms with Crippen LogP contribution >= 0.6 is 0 Å². The van der Waals surface area contributed by atoms with Gasteiger partial charge in [-0.1, -0.05) is 207 Å². The molecule has 0 saturated heterocycles. The van der Waals surface area contributed by atoms with Crippen molar-refractivity contribution in [3.05, 3.63) is 0 Å². The molecule has 0 fully saturated rings. The number of esters is 4. The Morgan fingerprint density at radius 2 is 0.372 bits per heavy atom. The molecule has 0 aromatic rings. The molecule has 0 spiro atoms. The molecule has 0 aliphatic rings. The predicted molar refractivity (Wildman–Crippen MR) is 391 cm³/mol. The van der Waals surface area contributed by atoms with Crippen LogP contribution in [0.15, 0.2) is 0 Å². The third-order valence-corrected chi connectivity index (χ3v) is 17.9. The summed E-state index contributed by atoms with van der Waals surface area (Å²) in [6.45, 7) is 22.6. The highest BCUT2D eigenvalue weighted by Gasteiger charge is 2.16. The van der Waals surface area contributed by atoms with Gasteiger partial charge in [0.25, 0.3) is 0 Å². The van der Waals surface area contributed by atoms with Crippen molar-refractivity contribution in [2.75, 3.05) is 139 Å². The Morgan fingerprint density at radius 3 is 0.564 bits per heavy atom. The lowest BCUT2D eigenvalue weighted by Gasteiger charge is -2.25. The Labute approximate surface area is 580 Å². The van der Waals surface area contributed by atoms with E-state index in [0.717, 1.165) is 220 Å². The van der Waals surface area contributed by atoms with Crippen LogP contribution in [-0.2, 0) is 57.1 Å². The number of hydrogen-bond acceptors (Lipinski definition) is 15. The minimum absolute atomic E-state index is 0.195. The van der Waals surface area contributed by atoms with Crippen LogP contribution in [0.25, 0.3) is 0 Å². The lowest BCUT2D eigenvalue weighted by molar-refractivity contribution is -0.146. The van der Waals surface area contributed by atoms with E-state index in [1.807, 2.05) is 0 Å². The number of carbonyl (C=O) groups excluding carboxylic acids is 4. The van der Waals surface area contributed by atoms with E-state index in [0.29, 0.717) is 52.6 Å². The Bertz CT molecular complexity index is 1350. The standard InChI is InChI=1S/C79H155N3O12/c1-6-10-14-18-22-26-38-64-87-68-42-30-34-46-72-91-76(83)52-60-81(61-53-77(84)92-73-47-35-31-43-69-88-65-39-27-23-19-15-11-7-2)58-50-56-80(5)57-51-59-82(62-54-78(85)93-74-48-36-32-44-70-89-66-40-28-24-20-16-12-8-3)63-55-79(86)94-75-49-37-33-45-71-90-67-41-29-25-21-17-13-9-4/h6-75H2,1-5H3. The van der Waals surface area contributed by atoms with Gasteiger partial charge in [-0.2, -0.15) is 0 Å². The van der Waals surface area contributed by atoms with Gasteiger partial charge in [-0.15, -0.1) is 0 Å². The SMILES string of the molecule is CCCCCCCCCOCCCCCCOC(=O)CCN(CCCN(C)CCCN(CCC(=O)OCCCCCCOCCCCCCCCC)CCC(=O)OCCCCCCOCCCCCCCCC)CCC(=O)OCCCCCCOCCCCCCCCC. The van der Waals surface area contributed by atoms with Crippen molar-refractivity contribution < 1.29 is 57.1 Å². The van der Waals surface area contributed by atoms with E-state index >= 15 is 0 Å². The van der Waals surface area contributed by atoms with E-state index in [4.69, 9.17) is 37.9 Å². The van der Waals surface area contributed by atoms with Gasteiger partial charge in [0.15, 0.2) is 0 Å². The van der Waals surface area contributed by atoms with Crippen LogP contribution in [-0.4, -0.2) is 177 Å². The zero-order valence-electron chi connectivity index (χ0n) is 62.7. The fraction of sp³-hybridized carbons (Fsp3) is 0.949. The molecule has 0 N–H and O–H groups in total. The molecule has 0 rings (SSSR count). The van der Waals surface area contributed by atoms with Crippen molar-refractivity contribution in [2.45, 2.75) is 349 Å². The quantitative estimate of drug-likeness (QED) is 0.0322. The zero-order valence-corrected chi connectivity index (χ0v) is 62.7. The summed E-state index contributed by atoms with van der Waals surface area (Å²) in [6, 6.07) is 0. The van der Waals surface area contributed by atoms with E-state index < -0.39 is 0 Å². The topological polar surface area (TPSA) is 152 Å². The van der Waals surface area contributed by atoms with Crippen molar-refractivity contribution >= 4 is 23.9 Å². The minimum Gasteiger partial charge on any atom is -0.466 e. The molecule has 0 aliphatic heterocycles. The first-order valence-corrected chi connectivity index (χ1v) is 40.3. The zero-order chi connectivity index (χ0) is 68.2. The van der Waals surface area contributed by atoms with Crippen molar-refractivity contribution in [2.24, 2.45) is 0 Å². The molecule has 0 unspecified atom stereocenters. The normalized spacial score (nSPS) is 11.7. The molecule has 0 aromatic carbocycles. The highest BCUT2D eigenvalue weighted by molar-refractivity contribution is 5.71. The molecule has 558 valence electrons. The lowest BCUT2D eigenvalue weighted by atomic mass is 10.1. The summed E-state index contributed by atoms with van der Waals surface area (Å²) in [6.07, 6.45) is 54.9. The number of nitrogens with zero attached hydrogens (tertiary/aromatic N) is 3. The molecular weight excluding hydrogens is 1180 g/mol. The molecule has 0 amide bonds. The largest absolute Gasteiger partial charge is 0.466 e. The predicted octanol–water partition coefficient (Wildman–Crippen LogP) is 19.3. The average Bonchev–Trinajstić information content (AvgIpc) is 3.62. The highest BCUT2D eigenvalue weighted by atomic mass is 16.5. The van der Waals surface area contributed by atoms with Crippen molar-refractivity contribution in [3.63, 3.8) is 0 Å². The second-order valence-electron chi connectivity index (χ2n) is 27.2. The summed E-state index contributed by atoms with van der Waals surface area (Å²) in [5, 5.41) is 0. The lowest BCUT2D eigenvalue weighted by Crippen LogP contribution is -2.34. The van der Waals surface area contributed by atoms with E-state index in [9.17, 15) is 19.2 Å². The van der Waals surface area contributed by atoms with Gasteiger partial charge >= 0.3 is 23.9 Å². The van der Waals surface area contributed by atoms with E-state index in [1.54, 1.807) is 0 Å². The second kappa shape index (κ2) is 77.9. The molecule has 0 radical (unpaired) electrons. The van der Waals surface area contributed by atoms with Gasteiger partial charge in [0.1, 0.15) is 0 Å². The minimum atomic E-state index is -0.195. The van der Waals surface area contributed by atoms with Gasteiger partial charge in [0.05, 0.1) is 52.1 Å². The number of ether oxygens (including phenoxy) is 8. The van der Waals surface area contributed by atoms with E-state index in [2.05, 4.69) is 49.4 Å².